The molecule has 6 aromatic rings. The first-order chi connectivity index (χ1) is 21.6. The van der Waals surface area contributed by atoms with Crippen LogP contribution in [0.2, 0.25) is 5.15 Å². The molecule has 2 aromatic carbocycles. The van der Waals surface area contributed by atoms with Crippen LogP contribution >= 0.6 is 11.6 Å². The topological polar surface area (TPSA) is 131 Å². The van der Waals surface area contributed by atoms with Gasteiger partial charge in [-0.25, -0.2) is 32.0 Å². The van der Waals surface area contributed by atoms with Crippen molar-refractivity contribution in [3.63, 3.8) is 0 Å². The number of aromatic nitrogens is 6. The summed E-state index contributed by atoms with van der Waals surface area (Å²) >= 11 is 5.99. The second-order valence-corrected chi connectivity index (χ2v) is 9.69. The van der Waals surface area contributed by atoms with Gasteiger partial charge in [-0.05, 0) is 35.4 Å². The molecular formula is C29H22ClF4N9O2. The molecule has 2 amide bonds. The summed E-state index contributed by atoms with van der Waals surface area (Å²) in [5, 5.41) is 16.4. The molecule has 230 valence electrons. The van der Waals surface area contributed by atoms with Crippen LogP contribution < -0.4 is 16.0 Å². The van der Waals surface area contributed by atoms with E-state index < -0.39 is 35.1 Å². The Labute approximate surface area is 256 Å². The Morgan fingerprint density at radius 3 is 1.69 bits per heavy atom. The Balaban J connectivity index is 0.000000178. The largest absolute Gasteiger partial charge is 0.373 e. The third-order valence-electron chi connectivity index (χ3n) is 6.27. The average Bonchev–Trinajstić information content (AvgIpc) is 3.72. The summed E-state index contributed by atoms with van der Waals surface area (Å²) in [6.07, 6.45) is 3.09. The summed E-state index contributed by atoms with van der Waals surface area (Å²) in [5.74, 6) is -4.06. The highest BCUT2D eigenvalue weighted by Crippen LogP contribution is 2.14. The summed E-state index contributed by atoms with van der Waals surface area (Å²) in [4.78, 5) is 32.6. The molecule has 0 aliphatic rings. The molecule has 0 atom stereocenters. The van der Waals surface area contributed by atoms with E-state index in [1.165, 1.54) is 28.9 Å². The van der Waals surface area contributed by atoms with E-state index in [0.29, 0.717) is 28.2 Å². The highest BCUT2D eigenvalue weighted by molar-refractivity contribution is 6.30. The SMILES string of the molecule is CNc1cc(C(=O)NCc2ccc(F)c(F)c2)nc2ccnn12.O=C(NCc1ccc(F)c(F)c1)c1cc(Cl)n2nccc2n1. The van der Waals surface area contributed by atoms with Gasteiger partial charge in [0.25, 0.3) is 11.8 Å². The van der Waals surface area contributed by atoms with E-state index in [0.717, 1.165) is 24.3 Å². The number of nitrogens with one attached hydrogen (secondary N) is 3. The molecule has 0 aliphatic heterocycles. The molecular weight excluding hydrogens is 618 g/mol. The van der Waals surface area contributed by atoms with Gasteiger partial charge in [-0.2, -0.15) is 14.7 Å². The Morgan fingerprint density at radius 2 is 1.18 bits per heavy atom. The van der Waals surface area contributed by atoms with E-state index in [9.17, 15) is 27.2 Å². The van der Waals surface area contributed by atoms with Gasteiger partial charge in [0.15, 0.2) is 34.6 Å². The van der Waals surface area contributed by atoms with Crippen LogP contribution in [0.3, 0.4) is 0 Å². The highest BCUT2D eigenvalue weighted by atomic mass is 35.5. The molecule has 3 N–H and O–H groups in total. The van der Waals surface area contributed by atoms with Crippen molar-refractivity contribution in [1.29, 1.82) is 0 Å². The van der Waals surface area contributed by atoms with Gasteiger partial charge in [0.05, 0.1) is 12.4 Å². The number of hydrogen-bond donors (Lipinski definition) is 3. The molecule has 0 fully saturated rings. The van der Waals surface area contributed by atoms with Crippen molar-refractivity contribution in [3.8, 4) is 0 Å². The molecule has 0 saturated carbocycles. The molecule has 0 aliphatic carbocycles. The van der Waals surface area contributed by atoms with E-state index in [2.05, 4.69) is 36.1 Å². The number of amides is 2. The summed E-state index contributed by atoms with van der Waals surface area (Å²) in [7, 11) is 1.71. The third-order valence-corrected chi connectivity index (χ3v) is 6.54. The maximum Gasteiger partial charge on any atom is 0.270 e. The predicted molar refractivity (Wildman–Crippen MR) is 156 cm³/mol. The maximum atomic E-state index is 13.1. The Kier molecular flexibility index (Phi) is 9.18. The van der Waals surface area contributed by atoms with Crippen molar-refractivity contribution in [2.24, 2.45) is 0 Å². The molecule has 0 bridgehead atoms. The molecule has 4 heterocycles. The van der Waals surface area contributed by atoms with Gasteiger partial charge >= 0.3 is 0 Å². The lowest BCUT2D eigenvalue weighted by molar-refractivity contribution is 0.0938. The molecule has 6 rings (SSSR count). The highest BCUT2D eigenvalue weighted by Gasteiger charge is 2.14. The molecule has 16 heteroatoms. The zero-order valence-electron chi connectivity index (χ0n) is 23.2. The van der Waals surface area contributed by atoms with Crippen LogP contribution in [0.15, 0.2) is 73.1 Å². The Morgan fingerprint density at radius 1 is 0.689 bits per heavy atom. The summed E-state index contributed by atoms with van der Waals surface area (Å²) in [6.45, 7) is 0.108. The fraction of sp³-hybridized carbons (Fsp3) is 0.103. The number of nitrogens with zero attached hydrogens (tertiary/aromatic N) is 6. The molecule has 0 radical (unpaired) electrons. The predicted octanol–water partition coefficient (Wildman–Crippen LogP) is 4.57. The monoisotopic (exact) mass is 639 g/mol. The average molecular weight is 640 g/mol. The van der Waals surface area contributed by atoms with E-state index in [1.807, 2.05) is 0 Å². The van der Waals surface area contributed by atoms with Crippen LogP contribution in [0.4, 0.5) is 23.4 Å². The summed E-state index contributed by atoms with van der Waals surface area (Å²) in [5.41, 5.74) is 2.16. The quantitative estimate of drug-likeness (QED) is 0.172. The van der Waals surface area contributed by atoms with E-state index >= 15 is 0 Å². The molecule has 0 spiro atoms. The van der Waals surface area contributed by atoms with E-state index in [1.54, 1.807) is 36.0 Å². The van der Waals surface area contributed by atoms with E-state index in [4.69, 9.17) is 11.6 Å². The van der Waals surface area contributed by atoms with Crippen LogP contribution in [-0.2, 0) is 13.1 Å². The second kappa shape index (κ2) is 13.4. The second-order valence-electron chi connectivity index (χ2n) is 9.31. The lowest BCUT2D eigenvalue weighted by Crippen LogP contribution is -2.24. The number of halogens is 5. The number of benzene rings is 2. The number of anilines is 1. The normalized spacial score (nSPS) is 10.8. The van der Waals surface area contributed by atoms with Crippen molar-refractivity contribution in [2.75, 3.05) is 12.4 Å². The minimum absolute atomic E-state index is 0.0414. The van der Waals surface area contributed by atoms with Crippen molar-refractivity contribution in [2.45, 2.75) is 13.1 Å². The first-order valence-corrected chi connectivity index (χ1v) is 13.5. The first-order valence-electron chi connectivity index (χ1n) is 13.1. The molecule has 0 saturated heterocycles. The zero-order chi connectivity index (χ0) is 32.1. The number of carbonyl (C=O) groups excluding carboxylic acids is 2. The van der Waals surface area contributed by atoms with Gasteiger partial charge in [-0.3, -0.25) is 9.59 Å². The van der Waals surface area contributed by atoms with Gasteiger partial charge in [-0.1, -0.05) is 23.7 Å². The van der Waals surface area contributed by atoms with Crippen LogP contribution in [0, 0.1) is 23.3 Å². The molecule has 11 nitrogen and oxygen atoms in total. The lowest BCUT2D eigenvalue weighted by atomic mass is 10.2. The maximum absolute atomic E-state index is 13.1. The van der Waals surface area contributed by atoms with Gasteiger partial charge in [-0.15, -0.1) is 0 Å². The van der Waals surface area contributed by atoms with Crippen LogP contribution in [0.1, 0.15) is 32.1 Å². The van der Waals surface area contributed by atoms with Gasteiger partial charge in [0.2, 0.25) is 0 Å². The van der Waals surface area contributed by atoms with Gasteiger partial charge < -0.3 is 16.0 Å². The fourth-order valence-corrected chi connectivity index (χ4v) is 4.28. The van der Waals surface area contributed by atoms with Gasteiger partial charge in [0.1, 0.15) is 22.4 Å². The third kappa shape index (κ3) is 7.15. The molecule has 4 aromatic heterocycles. The minimum Gasteiger partial charge on any atom is -0.373 e. The zero-order valence-corrected chi connectivity index (χ0v) is 24.0. The van der Waals surface area contributed by atoms with Crippen molar-refractivity contribution >= 4 is 40.5 Å². The molecule has 0 unspecified atom stereocenters. The van der Waals surface area contributed by atoms with Crippen LogP contribution in [0.25, 0.3) is 11.3 Å². The number of hydrogen-bond acceptors (Lipinski definition) is 7. The Bertz CT molecular complexity index is 2030. The van der Waals surface area contributed by atoms with Gasteiger partial charge in [0, 0.05) is 44.4 Å². The summed E-state index contributed by atoms with van der Waals surface area (Å²) in [6, 6.07) is 13.1. The fourth-order valence-electron chi connectivity index (χ4n) is 4.04. The number of fused-ring (bicyclic) bond motifs is 2. The molecule has 45 heavy (non-hydrogen) atoms. The lowest BCUT2D eigenvalue weighted by Gasteiger charge is -2.08. The van der Waals surface area contributed by atoms with Crippen LogP contribution in [-0.4, -0.2) is 48.1 Å². The minimum atomic E-state index is -0.964. The van der Waals surface area contributed by atoms with Crippen molar-refractivity contribution < 1.29 is 27.2 Å². The number of carbonyl (C=O) groups is 2. The van der Waals surface area contributed by atoms with Crippen molar-refractivity contribution in [3.05, 3.63) is 124 Å². The Hall–Kier alpha value is -5.57. The first kappa shape index (κ1) is 30.9. The summed E-state index contributed by atoms with van der Waals surface area (Å²) < 4.78 is 54.9. The standard InChI is InChI=1S/C15H13F2N5O.C14H9ClF2N4O/c1-18-14-7-12(21-13-4-5-20-22(13)14)15(23)19-8-9-2-3-10(16)11(17)6-9;15-12-6-11(20-13-3-4-19-21(12)13)14(22)18-7-8-1-2-9(16)10(17)5-8/h2-7,18H,8H2,1H3,(H,19,23);1-6H,7H2,(H,18,22). The number of rotatable bonds is 7. The van der Waals surface area contributed by atoms with Crippen LogP contribution in [0.5, 0.6) is 0 Å². The van der Waals surface area contributed by atoms with E-state index in [-0.39, 0.29) is 29.6 Å². The smallest absolute Gasteiger partial charge is 0.270 e. The van der Waals surface area contributed by atoms with Crippen molar-refractivity contribution in [1.82, 2.24) is 39.8 Å².